The maximum absolute atomic E-state index is 13.4. The van der Waals surface area contributed by atoms with E-state index in [1.165, 1.54) is 37.7 Å². The van der Waals surface area contributed by atoms with Gasteiger partial charge in [-0.1, -0.05) is 5.16 Å². The Morgan fingerprint density at radius 2 is 1.57 bits per heavy atom. The van der Waals surface area contributed by atoms with Gasteiger partial charge < -0.3 is 33.9 Å². The Hall–Kier alpha value is -4.63. The quantitative estimate of drug-likeness (QED) is 0.131. The van der Waals surface area contributed by atoms with Crippen molar-refractivity contribution < 1.29 is 28.0 Å². The van der Waals surface area contributed by atoms with Crippen molar-refractivity contribution in [3.05, 3.63) is 88.4 Å². The van der Waals surface area contributed by atoms with Crippen LogP contribution >= 0.6 is 12.4 Å². The third kappa shape index (κ3) is 9.72. The number of aliphatic hydroxyl groups excluding tert-OH is 1. The van der Waals surface area contributed by atoms with Crippen molar-refractivity contribution >= 4 is 46.2 Å². The first-order valence-electron chi connectivity index (χ1n) is 21.9. The third-order valence-corrected chi connectivity index (χ3v) is 13.8. The number of fused-ring (bicyclic) bond motifs is 2. The van der Waals surface area contributed by atoms with E-state index in [2.05, 4.69) is 35.1 Å². The summed E-state index contributed by atoms with van der Waals surface area (Å²) in [4.78, 5) is 41.0. The molecule has 2 saturated heterocycles. The van der Waals surface area contributed by atoms with Gasteiger partial charge in [0.05, 0.1) is 29.9 Å². The number of halogens is 2. The number of aromatic nitrogens is 3. The first kappa shape index (κ1) is 43.0. The van der Waals surface area contributed by atoms with Gasteiger partial charge in [-0.3, -0.25) is 14.5 Å². The number of carbonyl (C=O) groups is 1. The second-order valence-electron chi connectivity index (χ2n) is 17.8. The van der Waals surface area contributed by atoms with E-state index in [-0.39, 0.29) is 41.2 Å². The number of likely N-dealkylation sites (tertiary alicyclic amines) is 1. The number of nitrogens with zero attached hydrogens (tertiary/aromatic N) is 6. The standard InChI is InChI=1S/C25H25FN2O5.C21H31N5O.ClH/c26-18-2-4-20-23(12-18)33-27-24(20)16-6-9-28(10-7-16)8-1-11-31-19-3-5-21-22(13-19)32-15-17(14-29)25(21)30;27-19(21-13-16-10-17(14-21)12-18(11-16)15-21)22-4-5-25-6-8-26(9-7-25)20-23-2-1-3-24-20;/h2-5,12-13,15-16,29H,1,6-11,14H2;1-3,16-18H,4-15H2,(H,22,27);1H. The lowest BCUT2D eigenvalue weighted by atomic mass is 9.49. The minimum atomic E-state index is -0.344. The normalized spacial score (nSPS) is 24.0. The van der Waals surface area contributed by atoms with E-state index >= 15 is 0 Å². The van der Waals surface area contributed by atoms with Crippen LogP contribution in [0.1, 0.15) is 75.0 Å². The number of piperazine rings is 1. The van der Waals surface area contributed by atoms with Crippen LogP contribution in [-0.4, -0.2) is 101 Å². The van der Waals surface area contributed by atoms with E-state index in [9.17, 15) is 19.1 Å². The summed E-state index contributed by atoms with van der Waals surface area (Å²) in [5, 5.41) is 18.0. The summed E-state index contributed by atoms with van der Waals surface area (Å²) in [5.41, 5.74) is 1.89. The predicted molar refractivity (Wildman–Crippen MR) is 232 cm³/mol. The molecule has 4 aliphatic carbocycles. The van der Waals surface area contributed by atoms with Crippen LogP contribution < -0.4 is 20.4 Å². The maximum atomic E-state index is 13.4. The van der Waals surface area contributed by atoms with Crippen molar-refractivity contribution in [2.24, 2.45) is 23.2 Å². The molecule has 6 aliphatic rings. The average Bonchev–Trinajstić information content (AvgIpc) is 3.69. The highest BCUT2D eigenvalue weighted by Crippen LogP contribution is 2.60. The molecule has 0 atom stereocenters. The third-order valence-electron chi connectivity index (χ3n) is 13.8. The van der Waals surface area contributed by atoms with Gasteiger partial charge in [0.2, 0.25) is 11.9 Å². The lowest BCUT2D eigenvalue weighted by molar-refractivity contribution is -0.146. The number of benzene rings is 2. The topological polar surface area (TPSA) is 150 Å². The summed E-state index contributed by atoms with van der Waals surface area (Å²) >= 11 is 0. The molecule has 4 bridgehead atoms. The molecule has 3 aromatic heterocycles. The van der Waals surface area contributed by atoms with Gasteiger partial charge in [-0.25, -0.2) is 14.4 Å². The molecule has 61 heavy (non-hydrogen) atoms. The summed E-state index contributed by atoms with van der Waals surface area (Å²) in [5.74, 6) is 4.33. The molecule has 5 aromatic rings. The van der Waals surface area contributed by atoms with Crippen molar-refractivity contribution in [3.8, 4) is 5.75 Å². The summed E-state index contributed by atoms with van der Waals surface area (Å²) in [6.45, 7) is 8.72. The fraction of sp³-hybridized carbons (Fsp3) is 0.543. The van der Waals surface area contributed by atoms with Gasteiger partial charge in [-0.05, 0) is 119 Å². The Kier molecular flexibility index (Phi) is 13.5. The van der Waals surface area contributed by atoms with Gasteiger partial charge in [-0.2, -0.15) is 0 Å². The summed E-state index contributed by atoms with van der Waals surface area (Å²) in [7, 11) is 0. The molecule has 15 heteroatoms. The number of aliphatic hydroxyl groups is 1. The van der Waals surface area contributed by atoms with Crippen molar-refractivity contribution in [2.75, 3.05) is 70.4 Å². The lowest BCUT2D eigenvalue weighted by Gasteiger charge is -2.55. The van der Waals surface area contributed by atoms with Crippen molar-refractivity contribution in [1.29, 1.82) is 0 Å². The highest BCUT2D eigenvalue weighted by atomic mass is 35.5. The summed E-state index contributed by atoms with van der Waals surface area (Å²) < 4.78 is 30.0. The van der Waals surface area contributed by atoms with E-state index < -0.39 is 0 Å². The second-order valence-corrected chi connectivity index (χ2v) is 17.8. The van der Waals surface area contributed by atoms with Gasteiger partial charge in [0, 0.05) is 87.1 Å². The van der Waals surface area contributed by atoms with Crippen LogP contribution in [0.3, 0.4) is 0 Å². The number of ether oxygens (including phenoxy) is 1. The largest absolute Gasteiger partial charge is 0.493 e. The number of carbonyl (C=O) groups excluding carboxylic acids is 1. The molecular formula is C46H57ClFN7O6. The SMILES string of the molecule is Cl.O=C(NCCN1CCN(c2ncccn2)CC1)C12CC3CC(CC(C3)C1)C2.O=c1c(CO)coc2cc(OCCCN3CCC(c4noc5cc(F)ccc45)CC3)ccc12. The Bertz CT molecular complexity index is 2280. The number of hydrogen-bond donors (Lipinski definition) is 2. The van der Waals surface area contributed by atoms with Crippen LogP contribution in [0.15, 0.2) is 74.9 Å². The number of amides is 1. The van der Waals surface area contributed by atoms with Crippen LogP contribution in [-0.2, 0) is 11.4 Å². The monoisotopic (exact) mass is 857 g/mol. The number of anilines is 1. The molecule has 11 rings (SSSR count). The first-order valence-corrected chi connectivity index (χ1v) is 21.9. The zero-order chi connectivity index (χ0) is 41.1. The molecule has 1 amide bonds. The van der Waals surface area contributed by atoms with Crippen molar-refractivity contribution in [2.45, 2.75) is 70.3 Å². The van der Waals surface area contributed by atoms with E-state index in [1.54, 1.807) is 36.7 Å². The number of hydrogen-bond acceptors (Lipinski definition) is 12. The fourth-order valence-electron chi connectivity index (χ4n) is 11.0. The molecule has 4 saturated carbocycles. The molecule has 6 fully saturated rings. The van der Waals surface area contributed by atoms with Gasteiger partial charge in [0.25, 0.3) is 0 Å². The van der Waals surface area contributed by atoms with Gasteiger partial charge in [0.1, 0.15) is 23.4 Å². The van der Waals surface area contributed by atoms with Crippen LogP contribution in [0.2, 0.25) is 0 Å². The van der Waals surface area contributed by atoms with E-state index in [0.29, 0.717) is 40.7 Å². The fourth-order valence-corrected chi connectivity index (χ4v) is 11.0. The number of nitrogens with one attached hydrogen (secondary N) is 1. The van der Waals surface area contributed by atoms with E-state index in [4.69, 9.17) is 13.7 Å². The van der Waals surface area contributed by atoms with Gasteiger partial charge >= 0.3 is 0 Å². The molecule has 326 valence electrons. The average molecular weight is 858 g/mol. The smallest absolute Gasteiger partial charge is 0.226 e. The highest BCUT2D eigenvalue weighted by Gasteiger charge is 2.54. The van der Waals surface area contributed by atoms with Crippen molar-refractivity contribution in [1.82, 2.24) is 30.2 Å². The van der Waals surface area contributed by atoms with E-state index in [1.807, 2.05) is 6.07 Å². The van der Waals surface area contributed by atoms with Gasteiger partial charge in [0.15, 0.2) is 11.0 Å². The maximum Gasteiger partial charge on any atom is 0.226 e. The molecule has 2 aliphatic heterocycles. The van der Waals surface area contributed by atoms with Crippen LogP contribution in [0.25, 0.3) is 21.9 Å². The zero-order valence-corrected chi connectivity index (χ0v) is 35.5. The predicted octanol–water partition coefficient (Wildman–Crippen LogP) is 6.57. The number of rotatable bonds is 12. The van der Waals surface area contributed by atoms with Gasteiger partial charge in [-0.15, -0.1) is 12.4 Å². The van der Waals surface area contributed by atoms with Crippen molar-refractivity contribution in [3.63, 3.8) is 0 Å². The van der Waals surface area contributed by atoms with E-state index in [0.717, 1.165) is 132 Å². The summed E-state index contributed by atoms with van der Waals surface area (Å²) in [6, 6.07) is 11.6. The molecule has 0 radical (unpaired) electrons. The highest BCUT2D eigenvalue weighted by molar-refractivity contribution is 5.85. The van der Waals surface area contributed by atoms with Crippen LogP contribution in [0.5, 0.6) is 5.75 Å². The Morgan fingerprint density at radius 1 is 0.885 bits per heavy atom. The Morgan fingerprint density at radius 3 is 2.28 bits per heavy atom. The minimum Gasteiger partial charge on any atom is -0.493 e. The molecule has 2 N–H and O–H groups in total. The molecule has 2 aromatic carbocycles. The van der Waals surface area contributed by atoms with Crippen LogP contribution in [0, 0.1) is 29.0 Å². The van der Waals surface area contributed by atoms with Crippen LogP contribution in [0.4, 0.5) is 10.3 Å². The Balaban J connectivity index is 0.000000169. The Labute approximate surface area is 361 Å². The molecule has 5 heterocycles. The molecule has 0 unspecified atom stereocenters. The summed E-state index contributed by atoms with van der Waals surface area (Å²) in [6.07, 6.45) is 15.4. The molecular weight excluding hydrogens is 801 g/mol. The molecule has 13 nitrogen and oxygen atoms in total. The zero-order valence-electron chi connectivity index (χ0n) is 34.7. The number of piperidine rings is 1. The lowest BCUT2D eigenvalue weighted by Crippen LogP contribution is -2.55. The molecule has 0 spiro atoms. The first-order chi connectivity index (χ1) is 29.3. The second kappa shape index (κ2) is 19.2. The minimum absolute atomic E-state index is 0.